The zero-order valence-electron chi connectivity index (χ0n) is 19.0. The van der Waals surface area contributed by atoms with E-state index in [-0.39, 0.29) is 17.7 Å². The van der Waals surface area contributed by atoms with Gasteiger partial charge in [0.05, 0.1) is 0 Å². The van der Waals surface area contributed by atoms with Crippen LogP contribution in [0.1, 0.15) is 18.9 Å². The first kappa shape index (κ1) is 22.3. The van der Waals surface area contributed by atoms with Gasteiger partial charge in [0, 0.05) is 18.2 Å². The normalized spacial score (nSPS) is 24.8. The van der Waals surface area contributed by atoms with E-state index in [1.54, 1.807) is 0 Å². The molecular weight excluding hydrogens is 392 g/mol. The highest BCUT2D eigenvalue weighted by Crippen LogP contribution is 2.46. The third kappa shape index (κ3) is 5.46. The summed E-state index contributed by atoms with van der Waals surface area (Å²) < 4.78 is 0. The Morgan fingerprint density at radius 1 is 1.00 bits per heavy atom. The molecule has 2 aromatic rings. The van der Waals surface area contributed by atoms with Crippen molar-refractivity contribution in [2.75, 3.05) is 24.5 Å². The van der Waals surface area contributed by atoms with E-state index in [9.17, 15) is 4.79 Å². The first-order valence-corrected chi connectivity index (χ1v) is 11.8. The van der Waals surface area contributed by atoms with Crippen LogP contribution in [0.5, 0.6) is 0 Å². The van der Waals surface area contributed by atoms with Gasteiger partial charge in [0.1, 0.15) is 0 Å². The second-order valence-corrected chi connectivity index (χ2v) is 9.06. The minimum Gasteiger partial charge on any atom is -0.316 e. The van der Waals surface area contributed by atoms with E-state index < -0.39 is 0 Å². The van der Waals surface area contributed by atoms with E-state index >= 15 is 0 Å². The molecule has 1 aliphatic carbocycles. The van der Waals surface area contributed by atoms with Crippen molar-refractivity contribution in [3.8, 4) is 0 Å². The molecule has 2 fully saturated rings. The number of amides is 1. The Hall–Kier alpha value is -2.91. The third-order valence-corrected chi connectivity index (χ3v) is 6.77. The monoisotopic (exact) mass is 426 g/mol. The minimum atomic E-state index is 0.0416. The maximum absolute atomic E-state index is 13.6. The lowest BCUT2D eigenvalue weighted by atomic mass is 9.89. The molecule has 4 rings (SSSR count). The van der Waals surface area contributed by atoms with Crippen molar-refractivity contribution in [1.29, 1.82) is 0 Å². The highest BCUT2D eigenvalue weighted by atomic mass is 16.2. The summed E-state index contributed by atoms with van der Waals surface area (Å²) in [5, 5.41) is 3.57. The molecule has 0 bridgehead atoms. The van der Waals surface area contributed by atoms with Gasteiger partial charge in [-0.05, 0) is 68.3 Å². The summed E-state index contributed by atoms with van der Waals surface area (Å²) in [6.45, 7) is 8.94. The largest absolute Gasteiger partial charge is 0.316 e. The molecular formula is C29H34N2O. The Kier molecular flexibility index (Phi) is 7.39. The molecule has 1 amide bonds. The van der Waals surface area contributed by atoms with Crippen LogP contribution in [0.3, 0.4) is 0 Å². The van der Waals surface area contributed by atoms with Gasteiger partial charge >= 0.3 is 0 Å². The van der Waals surface area contributed by atoms with Crippen molar-refractivity contribution >= 4 is 11.6 Å². The number of hydrogen-bond donors (Lipinski definition) is 1. The van der Waals surface area contributed by atoms with Crippen LogP contribution in [0.2, 0.25) is 0 Å². The van der Waals surface area contributed by atoms with Crippen molar-refractivity contribution in [3.63, 3.8) is 0 Å². The molecule has 2 aliphatic rings. The van der Waals surface area contributed by atoms with Crippen LogP contribution in [0, 0.1) is 23.7 Å². The average Bonchev–Trinajstić information content (AvgIpc) is 3.52. The number of carbonyl (C=O) groups excluding carboxylic acids is 1. The topological polar surface area (TPSA) is 32.3 Å². The summed E-state index contributed by atoms with van der Waals surface area (Å²) in [4.78, 5) is 15.7. The number of rotatable bonds is 9. The summed E-state index contributed by atoms with van der Waals surface area (Å²) in [5.74, 6) is 1.52. The summed E-state index contributed by atoms with van der Waals surface area (Å²) in [6, 6.07) is 20.9. The maximum atomic E-state index is 13.6. The summed E-state index contributed by atoms with van der Waals surface area (Å²) >= 11 is 0. The molecule has 1 saturated heterocycles. The Morgan fingerprint density at radius 3 is 2.41 bits per heavy atom. The molecule has 0 spiro atoms. The molecule has 0 aromatic heterocycles. The zero-order valence-corrected chi connectivity index (χ0v) is 19.0. The van der Waals surface area contributed by atoms with Crippen LogP contribution in [-0.4, -0.2) is 25.5 Å². The number of nitrogens with zero attached hydrogens (tertiary/aromatic N) is 1. The van der Waals surface area contributed by atoms with Gasteiger partial charge in [-0.15, -0.1) is 0 Å². The highest BCUT2D eigenvalue weighted by molar-refractivity contribution is 5.97. The Balaban J connectivity index is 1.47. The van der Waals surface area contributed by atoms with E-state index in [0.29, 0.717) is 11.8 Å². The predicted molar refractivity (Wildman–Crippen MR) is 133 cm³/mol. The van der Waals surface area contributed by atoms with Crippen LogP contribution in [0.25, 0.3) is 0 Å². The lowest BCUT2D eigenvalue weighted by molar-refractivity contribution is -0.120. The highest BCUT2D eigenvalue weighted by Gasteiger charge is 2.46. The van der Waals surface area contributed by atoms with Gasteiger partial charge in [0.25, 0.3) is 0 Å². The van der Waals surface area contributed by atoms with Gasteiger partial charge in [0.2, 0.25) is 5.91 Å². The number of hydrogen-bond acceptors (Lipinski definition) is 2. The Labute approximate surface area is 192 Å². The van der Waals surface area contributed by atoms with Crippen molar-refractivity contribution < 1.29 is 4.79 Å². The van der Waals surface area contributed by atoms with Crippen molar-refractivity contribution in [3.05, 3.63) is 103 Å². The molecule has 2 aromatic carbocycles. The van der Waals surface area contributed by atoms with Crippen LogP contribution in [0.15, 0.2) is 97.1 Å². The molecule has 0 unspecified atom stereocenters. The van der Waals surface area contributed by atoms with Gasteiger partial charge in [-0.3, -0.25) is 4.79 Å². The average molecular weight is 427 g/mol. The van der Waals surface area contributed by atoms with Gasteiger partial charge in [-0.1, -0.05) is 85.0 Å². The molecule has 1 saturated carbocycles. The van der Waals surface area contributed by atoms with Crippen molar-refractivity contribution in [2.24, 2.45) is 23.7 Å². The lowest BCUT2D eigenvalue weighted by Gasteiger charge is -2.29. The first-order chi connectivity index (χ1) is 15.7. The molecule has 32 heavy (non-hydrogen) atoms. The molecule has 0 radical (unpaired) electrons. The molecule has 166 valence electrons. The van der Waals surface area contributed by atoms with E-state index in [2.05, 4.69) is 54.4 Å². The number of para-hydroxylation sites is 1. The lowest BCUT2D eigenvalue weighted by Crippen LogP contribution is -2.39. The second kappa shape index (κ2) is 10.6. The molecule has 1 aliphatic heterocycles. The first-order valence-electron chi connectivity index (χ1n) is 11.8. The Bertz CT molecular complexity index is 963. The summed E-state index contributed by atoms with van der Waals surface area (Å²) in [5.41, 5.74) is 3.43. The third-order valence-electron chi connectivity index (χ3n) is 6.77. The quantitative estimate of drug-likeness (QED) is 0.543. The van der Waals surface area contributed by atoms with Gasteiger partial charge in [-0.25, -0.2) is 0 Å². The van der Waals surface area contributed by atoms with Gasteiger partial charge < -0.3 is 10.2 Å². The summed E-state index contributed by atoms with van der Waals surface area (Å²) in [6.07, 6.45) is 10.0. The zero-order chi connectivity index (χ0) is 22.3. The fraction of sp³-hybridized carbons (Fsp3) is 0.345. The minimum absolute atomic E-state index is 0.0416. The SMILES string of the molecule is C=C(/C=C\C=C/C)[C@@H]1C[C@H]1C(=O)N(C[C@H]1CNC[C@@H]1Cc1ccccc1)c1ccccc1. The van der Waals surface area contributed by atoms with Crippen LogP contribution in [-0.2, 0) is 11.2 Å². The smallest absolute Gasteiger partial charge is 0.230 e. The van der Waals surface area contributed by atoms with Gasteiger partial charge in [-0.2, -0.15) is 0 Å². The summed E-state index contributed by atoms with van der Waals surface area (Å²) in [7, 11) is 0. The Morgan fingerprint density at radius 2 is 1.69 bits per heavy atom. The van der Waals surface area contributed by atoms with Crippen molar-refractivity contribution in [2.45, 2.75) is 19.8 Å². The number of anilines is 1. The van der Waals surface area contributed by atoms with E-state index in [4.69, 9.17) is 0 Å². The number of benzene rings is 2. The van der Waals surface area contributed by atoms with E-state index in [1.165, 1.54) is 5.56 Å². The van der Waals surface area contributed by atoms with Gasteiger partial charge in [0.15, 0.2) is 0 Å². The predicted octanol–water partition coefficient (Wildman–Crippen LogP) is 5.42. The number of carbonyl (C=O) groups is 1. The van der Waals surface area contributed by atoms with E-state index in [1.807, 2.05) is 54.3 Å². The molecule has 3 nitrogen and oxygen atoms in total. The van der Waals surface area contributed by atoms with Crippen LogP contribution >= 0.6 is 0 Å². The molecule has 1 heterocycles. The van der Waals surface area contributed by atoms with E-state index in [0.717, 1.165) is 43.7 Å². The number of allylic oxidation sites excluding steroid dienone is 5. The maximum Gasteiger partial charge on any atom is 0.230 e. The van der Waals surface area contributed by atoms with Crippen LogP contribution in [0.4, 0.5) is 5.69 Å². The molecule has 4 atom stereocenters. The number of nitrogens with one attached hydrogen (secondary N) is 1. The molecule has 3 heteroatoms. The van der Waals surface area contributed by atoms with Crippen LogP contribution < -0.4 is 10.2 Å². The standard InChI is InChI=1S/C29H34N2O/c1-3-4-7-12-22(2)27-18-28(27)29(32)31(26-15-10-6-11-16-26)21-25-20-30-19-24(25)17-23-13-8-5-9-14-23/h3-16,24-25,27-28,30H,2,17-21H2,1H3/b4-3-,12-7-/t24-,25+,27-,28+/m0/s1. The fourth-order valence-electron chi connectivity index (χ4n) is 4.81. The second-order valence-electron chi connectivity index (χ2n) is 9.06. The fourth-order valence-corrected chi connectivity index (χ4v) is 4.81. The molecule has 1 N–H and O–H groups in total. The van der Waals surface area contributed by atoms with Crippen molar-refractivity contribution in [1.82, 2.24) is 5.32 Å².